The highest BCUT2D eigenvalue weighted by Gasteiger charge is 2.31. The van der Waals surface area contributed by atoms with Gasteiger partial charge in [0.05, 0.1) is 0 Å². The zero-order valence-electron chi connectivity index (χ0n) is 24.3. The van der Waals surface area contributed by atoms with Gasteiger partial charge < -0.3 is 19.5 Å². The molecule has 3 fully saturated rings. The molecular weight excluding hydrogens is 546 g/mol. The third-order valence-electron chi connectivity index (χ3n) is 8.81. The molecule has 7 rings (SSSR count). The molecular formula is C33H37N5O3S. The lowest BCUT2D eigenvalue weighted by Crippen LogP contribution is -2.47. The molecule has 3 aromatic carbocycles. The minimum atomic E-state index is -0.816. The maximum Gasteiger partial charge on any atom is 0.300 e. The predicted molar refractivity (Wildman–Crippen MR) is 169 cm³/mol. The van der Waals surface area contributed by atoms with Gasteiger partial charge in [-0.2, -0.15) is 4.98 Å². The van der Waals surface area contributed by atoms with Gasteiger partial charge in [0.15, 0.2) is 5.58 Å². The van der Waals surface area contributed by atoms with Crippen LogP contribution in [0.4, 0.5) is 17.4 Å². The number of oxazole rings is 1. The molecule has 218 valence electrons. The van der Waals surface area contributed by atoms with E-state index < -0.39 is 10.8 Å². The van der Waals surface area contributed by atoms with Crippen molar-refractivity contribution in [1.29, 1.82) is 0 Å². The van der Waals surface area contributed by atoms with E-state index in [0.717, 1.165) is 60.1 Å². The molecule has 2 aliphatic heterocycles. The van der Waals surface area contributed by atoms with Crippen molar-refractivity contribution in [1.82, 2.24) is 14.8 Å². The SMILES string of the molecule is Cc1cc(-c2cccc3nc(Nc4ccc(N5CCN(C6CC6)CC5)c(C)c4)oc23)ccc1C(=O)N1CCS(=O)CC1. The largest absolute Gasteiger partial charge is 0.423 e. The number of benzene rings is 3. The number of amides is 1. The fourth-order valence-electron chi connectivity index (χ4n) is 6.29. The van der Waals surface area contributed by atoms with Gasteiger partial charge >= 0.3 is 0 Å². The van der Waals surface area contributed by atoms with Gasteiger partial charge in [0.25, 0.3) is 11.9 Å². The fourth-order valence-corrected chi connectivity index (χ4v) is 7.34. The van der Waals surface area contributed by atoms with Crippen LogP contribution in [0.15, 0.2) is 59.0 Å². The van der Waals surface area contributed by atoms with Crippen molar-refractivity contribution in [3.05, 3.63) is 71.3 Å². The summed E-state index contributed by atoms with van der Waals surface area (Å²) in [4.78, 5) is 24.8. The van der Waals surface area contributed by atoms with Crippen molar-refractivity contribution < 1.29 is 13.4 Å². The van der Waals surface area contributed by atoms with Gasteiger partial charge in [-0.25, -0.2) is 0 Å². The van der Waals surface area contributed by atoms with Gasteiger partial charge in [0.2, 0.25) is 0 Å². The topological polar surface area (TPSA) is 81.9 Å². The molecule has 1 saturated carbocycles. The molecule has 0 bridgehead atoms. The van der Waals surface area contributed by atoms with E-state index in [9.17, 15) is 9.00 Å². The maximum atomic E-state index is 13.1. The number of anilines is 3. The number of hydrogen-bond acceptors (Lipinski definition) is 7. The first-order valence-electron chi connectivity index (χ1n) is 14.9. The molecule has 2 saturated heterocycles. The van der Waals surface area contributed by atoms with Crippen LogP contribution in [-0.4, -0.2) is 81.7 Å². The second kappa shape index (κ2) is 11.2. The smallest absolute Gasteiger partial charge is 0.300 e. The van der Waals surface area contributed by atoms with E-state index in [0.29, 0.717) is 41.8 Å². The average molecular weight is 584 g/mol. The van der Waals surface area contributed by atoms with E-state index in [-0.39, 0.29) is 5.91 Å². The quantitative estimate of drug-likeness (QED) is 0.328. The number of rotatable bonds is 6. The summed E-state index contributed by atoms with van der Waals surface area (Å²) in [6, 6.07) is 19.6. The molecule has 0 spiro atoms. The molecule has 1 aromatic heterocycles. The van der Waals surface area contributed by atoms with Gasteiger partial charge in [0, 0.05) is 90.1 Å². The fraction of sp³-hybridized carbons (Fsp3) is 0.394. The number of carbonyl (C=O) groups excluding carboxylic acids is 1. The molecule has 0 atom stereocenters. The zero-order valence-corrected chi connectivity index (χ0v) is 25.1. The van der Waals surface area contributed by atoms with Gasteiger partial charge in [-0.05, 0) is 73.7 Å². The number of hydrogen-bond donors (Lipinski definition) is 1. The summed E-state index contributed by atoms with van der Waals surface area (Å²) in [6.07, 6.45) is 2.74. The molecule has 0 radical (unpaired) electrons. The van der Waals surface area contributed by atoms with Crippen LogP contribution in [0.5, 0.6) is 0 Å². The first-order valence-corrected chi connectivity index (χ1v) is 16.4. The average Bonchev–Trinajstić information content (AvgIpc) is 3.76. The van der Waals surface area contributed by atoms with Crippen LogP contribution in [0.1, 0.15) is 34.3 Å². The number of fused-ring (bicyclic) bond motifs is 1. The van der Waals surface area contributed by atoms with E-state index in [2.05, 4.69) is 40.2 Å². The van der Waals surface area contributed by atoms with E-state index in [1.54, 1.807) is 0 Å². The second-order valence-electron chi connectivity index (χ2n) is 11.7. The first-order chi connectivity index (χ1) is 20.4. The number of para-hydroxylation sites is 1. The molecule has 1 amide bonds. The van der Waals surface area contributed by atoms with Crippen LogP contribution in [0.25, 0.3) is 22.2 Å². The number of aryl methyl sites for hydroxylation is 2. The summed E-state index contributed by atoms with van der Waals surface area (Å²) < 4.78 is 18.0. The Morgan fingerprint density at radius 1 is 0.929 bits per heavy atom. The van der Waals surface area contributed by atoms with Crippen LogP contribution >= 0.6 is 0 Å². The van der Waals surface area contributed by atoms with E-state index in [4.69, 9.17) is 9.40 Å². The molecule has 8 nitrogen and oxygen atoms in total. The van der Waals surface area contributed by atoms with Gasteiger partial charge in [-0.1, -0.05) is 24.3 Å². The summed E-state index contributed by atoms with van der Waals surface area (Å²) in [5.41, 5.74) is 8.45. The molecule has 9 heteroatoms. The Morgan fingerprint density at radius 3 is 2.43 bits per heavy atom. The number of nitrogens with zero attached hydrogens (tertiary/aromatic N) is 4. The Hall–Kier alpha value is -3.69. The highest BCUT2D eigenvalue weighted by molar-refractivity contribution is 7.85. The Kier molecular flexibility index (Phi) is 7.23. The molecule has 1 N–H and O–H groups in total. The zero-order chi connectivity index (χ0) is 28.8. The predicted octanol–water partition coefficient (Wildman–Crippen LogP) is 5.34. The minimum Gasteiger partial charge on any atom is -0.423 e. The normalized spacial score (nSPS) is 18.5. The van der Waals surface area contributed by atoms with Crippen LogP contribution in [0, 0.1) is 13.8 Å². The molecule has 3 heterocycles. The Labute approximate surface area is 249 Å². The summed E-state index contributed by atoms with van der Waals surface area (Å²) in [7, 11) is -0.816. The lowest BCUT2D eigenvalue weighted by Gasteiger charge is -2.37. The van der Waals surface area contributed by atoms with Crippen molar-refractivity contribution in [3.8, 4) is 11.1 Å². The van der Waals surface area contributed by atoms with E-state index in [1.165, 1.54) is 24.1 Å². The number of nitrogens with one attached hydrogen (secondary N) is 1. The molecule has 42 heavy (non-hydrogen) atoms. The van der Waals surface area contributed by atoms with Crippen molar-refractivity contribution in [2.24, 2.45) is 0 Å². The summed E-state index contributed by atoms with van der Waals surface area (Å²) in [6.45, 7) is 9.66. The van der Waals surface area contributed by atoms with Gasteiger partial charge in [-0.3, -0.25) is 13.9 Å². The van der Waals surface area contributed by atoms with Gasteiger partial charge in [-0.15, -0.1) is 0 Å². The summed E-state index contributed by atoms with van der Waals surface area (Å²) >= 11 is 0. The minimum absolute atomic E-state index is 0.00180. The van der Waals surface area contributed by atoms with E-state index in [1.807, 2.05) is 48.2 Å². The first kappa shape index (κ1) is 27.2. The van der Waals surface area contributed by atoms with E-state index >= 15 is 0 Å². The molecule has 1 aliphatic carbocycles. The second-order valence-corrected chi connectivity index (χ2v) is 13.4. The van der Waals surface area contributed by atoms with Crippen molar-refractivity contribution in [3.63, 3.8) is 0 Å². The Morgan fingerprint density at radius 2 is 1.71 bits per heavy atom. The number of carbonyl (C=O) groups is 1. The van der Waals surface area contributed by atoms with Crippen molar-refractivity contribution in [2.75, 3.05) is 61.0 Å². The lowest BCUT2D eigenvalue weighted by molar-refractivity contribution is 0.0770. The van der Waals surface area contributed by atoms with Crippen molar-refractivity contribution in [2.45, 2.75) is 32.7 Å². The lowest BCUT2D eigenvalue weighted by atomic mass is 9.98. The van der Waals surface area contributed by atoms with Crippen LogP contribution < -0.4 is 10.2 Å². The van der Waals surface area contributed by atoms with Crippen molar-refractivity contribution >= 4 is 45.2 Å². The van der Waals surface area contributed by atoms with Crippen LogP contribution in [0.3, 0.4) is 0 Å². The summed E-state index contributed by atoms with van der Waals surface area (Å²) in [5, 5.41) is 3.37. The molecule has 4 aromatic rings. The maximum absolute atomic E-state index is 13.1. The third-order valence-corrected chi connectivity index (χ3v) is 10.1. The Bertz CT molecular complexity index is 1660. The Balaban J connectivity index is 1.08. The number of aromatic nitrogens is 1. The highest BCUT2D eigenvalue weighted by Crippen LogP contribution is 2.34. The summed E-state index contributed by atoms with van der Waals surface area (Å²) in [5.74, 6) is 1.10. The van der Waals surface area contributed by atoms with Gasteiger partial charge in [0.1, 0.15) is 5.52 Å². The monoisotopic (exact) mass is 583 g/mol. The highest BCUT2D eigenvalue weighted by atomic mass is 32.2. The van der Waals surface area contributed by atoms with Crippen LogP contribution in [0.2, 0.25) is 0 Å². The molecule has 0 unspecified atom stereocenters. The molecule has 3 aliphatic rings. The number of piperazine rings is 1. The van der Waals surface area contributed by atoms with Crippen LogP contribution in [-0.2, 0) is 10.8 Å². The standard InChI is InChI=1S/C33H37N5O3S/c1-22-20-24(6-10-27(22)32(39)38-16-18-42(40)19-17-38)28-4-3-5-29-31(28)41-33(35-29)34-25-7-11-30(23(2)21-25)37-14-12-36(13-15-37)26-8-9-26/h3-7,10-11,20-21,26H,8-9,12-19H2,1-2H3,(H,34,35). The third kappa shape index (κ3) is 5.43.